The number of hydrogen-bond donors (Lipinski definition) is 1. The molecular formula is C16H18O2. The van der Waals surface area contributed by atoms with Gasteiger partial charge in [0.1, 0.15) is 6.29 Å². The van der Waals surface area contributed by atoms with Crippen molar-refractivity contribution in [2.24, 2.45) is 0 Å². The molecule has 0 unspecified atom stereocenters. The number of aliphatic hydroxyl groups is 1. The highest BCUT2D eigenvalue weighted by atomic mass is 16.3. The first-order valence-corrected chi connectivity index (χ1v) is 5.82. The van der Waals surface area contributed by atoms with Gasteiger partial charge in [0.25, 0.3) is 0 Å². The summed E-state index contributed by atoms with van der Waals surface area (Å²) in [5.41, 5.74) is 0.976. The van der Waals surface area contributed by atoms with Crippen LogP contribution in [0.25, 0.3) is 0 Å². The van der Waals surface area contributed by atoms with Gasteiger partial charge in [0.15, 0.2) is 0 Å². The number of rotatable bonds is 2. The van der Waals surface area contributed by atoms with E-state index in [-0.39, 0.29) is 0 Å². The van der Waals surface area contributed by atoms with Crippen LogP contribution in [0, 0.1) is 0 Å². The Morgan fingerprint density at radius 1 is 0.889 bits per heavy atom. The summed E-state index contributed by atoms with van der Waals surface area (Å²) in [5.74, 6) is 0. The molecule has 0 fully saturated rings. The van der Waals surface area contributed by atoms with Crippen molar-refractivity contribution >= 4 is 6.29 Å². The molecule has 1 N–H and O–H groups in total. The third-order valence-electron chi connectivity index (χ3n) is 2.42. The average Bonchev–Trinajstić information content (AvgIpc) is 2.40. The molecule has 0 bridgehead atoms. The Morgan fingerprint density at radius 2 is 1.33 bits per heavy atom. The summed E-state index contributed by atoms with van der Waals surface area (Å²) in [6.45, 7) is 3.56. The van der Waals surface area contributed by atoms with Crippen molar-refractivity contribution in [3.05, 3.63) is 71.8 Å². The minimum Gasteiger partial charge on any atom is -0.386 e. The maximum absolute atomic E-state index is 10.0. The summed E-state index contributed by atoms with van der Waals surface area (Å²) in [5, 5.41) is 9.49. The van der Waals surface area contributed by atoms with Crippen LogP contribution in [0.3, 0.4) is 0 Å². The SMILES string of the molecule is CC(C)(O)c1ccccc1.O=Cc1ccccc1. The van der Waals surface area contributed by atoms with E-state index in [0.29, 0.717) is 0 Å². The van der Waals surface area contributed by atoms with E-state index in [0.717, 1.165) is 17.4 Å². The van der Waals surface area contributed by atoms with Crippen LogP contribution in [0.15, 0.2) is 60.7 Å². The molecule has 0 aliphatic carbocycles. The molecule has 2 aromatic rings. The van der Waals surface area contributed by atoms with E-state index in [1.165, 1.54) is 0 Å². The van der Waals surface area contributed by atoms with Crippen molar-refractivity contribution in [3.8, 4) is 0 Å². The molecule has 0 spiro atoms. The lowest BCUT2D eigenvalue weighted by molar-refractivity contribution is 0.0786. The highest BCUT2D eigenvalue weighted by Crippen LogP contribution is 2.17. The monoisotopic (exact) mass is 242 g/mol. The third kappa shape index (κ3) is 4.93. The van der Waals surface area contributed by atoms with Crippen molar-refractivity contribution in [2.75, 3.05) is 0 Å². The van der Waals surface area contributed by atoms with Gasteiger partial charge in [0.05, 0.1) is 5.60 Å². The zero-order chi connectivity index (χ0) is 13.4. The van der Waals surface area contributed by atoms with Crippen LogP contribution in [0.5, 0.6) is 0 Å². The number of benzene rings is 2. The maximum Gasteiger partial charge on any atom is 0.150 e. The molecule has 2 heteroatoms. The summed E-state index contributed by atoms with van der Waals surface area (Å²) in [4.78, 5) is 10.0. The van der Waals surface area contributed by atoms with Gasteiger partial charge in [-0.2, -0.15) is 0 Å². The fraction of sp³-hybridized carbons (Fsp3) is 0.188. The first-order chi connectivity index (χ1) is 8.54. The normalized spacial score (nSPS) is 10.2. The van der Waals surface area contributed by atoms with Crippen LogP contribution in [0.4, 0.5) is 0 Å². The lowest BCUT2D eigenvalue weighted by Crippen LogP contribution is -2.14. The van der Waals surface area contributed by atoms with Gasteiger partial charge in [-0.1, -0.05) is 60.7 Å². The lowest BCUT2D eigenvalue weighted by Gasteiger charge is -2.16. The minimum absolute atomic E-state index is 0.707. The number of hydrogen-bond acceptors (Lipinski definition) is 2. The number of aldehydes is 1. The van der Waals surface area contributed by atoms with E-state index >= 15 is 0 Å². The minimum atomic E-state index is -0.707. The molecule has 0 saturated heterocycles. The molecule has 2 rings (SSSR count). The zero-order valence-corrected chi connectivity index (χ0v) is 10.7. The Balaban J connectivity index is 0.000000184. The Bertz CT molecular complexity index is 455. The van der Waals surface area contributed by atoms with Crippen LogP contribution in [-0.2, 0) is 5.60 Å². The molecule has 0 saturated carbocycles. The average molecular weight is 242 g/mol. The molecular weight excluding hydrogens is 224 g/mol. The summed E-state index contributed by atoms with van der Waals surface area (Å²) in [6.07, 6.45) is 0.833. The Kier molecular flexibility index (Phi) is 5.28. The molecule has 0 aliphatic rings. The summed E-state index contributed by atoms with van der Waals surface area (Å²) in [7, 11) is 0. The molecule has 0 aliphatic heterocycles. The van der Waals surface area contributed by atoms with Gasteiger partial charge in [0, 0.05) is 5.56 Å². The highest BCUT2D eigenvalue weighted by Gasteiger charge is 2.13. The van der Waals surface area contributed by atoms with E-state index in [9.17, 15) is 9.90 Å². The lowest BCUT2D eigenvalue weighted by atomic mass is 9.99. The molecule has 0 amide bonds. The molecule has 94 valence electrons. The second-order valence-corrected chi connectivity index (χ2v) is 4.45. The van der Waals surface area contributed by atoms with E-state index in [2.05, 4.69) is 0 Å². The van der Waals surface area contributed by atoms with Crippen molar-refractivity contribution in [3.63, 3.8) is 0 Å². The third-order valence-corrected chi connectivity index (χ3v) is 2.42. The van der Waals surface area contributed by atoms with E-state index in [1.54, 1.807) is 26.0 Å². The quantitative estimate of drug-likeness (QED) is 0.819. The first-order valence-electron chi connectivity index (χ1n) is 5.82. The van der Waals surface area contributed by atoms with Crippen LogP contribution in [-0.4, -0.2) is 11.4 Å². The first kappa shape index (κ1) is 14.1. The van der Waals surface area contributed by atoms with Gasteiger partial charge < -0.3 is 5.11 Å². The Hall–Kier alpha value is -1.93. The van der Waals surface area contributed by atoms with Crippen molar-refractivity contribution in [1.82, 2.24) is 0 Å². The van der Waals surface area contributed by atoms with Gasteiger partial charge in [-0.3, -0.25) is 4.79 Å². The summed E-state index contributed by atoms with van der Waals surface area (Å²) < 4.78 is 0. The van der Waals surface area contributed by atoms with Crippen LogP contribution >= 0.6 is 0 Å². The van der Waals surface area contributed by atoms with Crippen molar-refractivity contribution in [2.45, 2.75) is 19.4 Å². The van der Waals surface area contributed by atoms with Crippen molar-refractivity contribution < 1.29 is 9.90 Å². The van der Waals surface area contributed by atoms with E-state index < -0.39 is 5.60 Å². The smallest absolute Gasteiger partial charge is 0.150 e. The molecule has 0 radical (unpaired) electrons. The summed E-state index contributed by atoms with van der Waals surface area (Å²) >= 11 is 0. The van der Waals surface area contributed by atoms with E-state index in [1.807, 2.05) is 48.5 Å². The second-order valence-electron chi connectivity index (χ2n) is 4.45. The predicted octanol–water partition coefficient (Wildman–Crippen LogP) is 3.41. The molecule has 0 aromatic heterocycles. The van der Waals surface area contributed by atoms with Gasteiger partial charge >= 0.3 is 0 Å². The number of carbonyl (C=O) groups excluding carboxylic acids is 1. The van der Waals surface area contributed by atoms with Crippen LogP contribution in [0.1, 0.15) is 29.8 Å². The Labute approximate surface area is 108 Å². The topological polar surface area (TPSA) is 37.3 Å². The van der Waals surface area contributed by atoms with Crippen molar-refractivity contribution in [1.29, 1.82) is 0 Å². The van der Waals surface area contributed by atoms with Gasteiger partial charge in [-0.05, 0) is 19.4 Å². The molecule has 0 heterocycles. The predicted molar refractivity (Wildman–Crippen MR) is 73.5 cm³/mol. The fourth-order valence-corrected chi connectivity index (χ4v) is 1.38. The zero-order valence-electron chi connectivity index (χ0n) is 10.7. The van der Waals surface area contributed by atoms with Gasteiger partial charge in [0.2, 0.25) is 0 Å². The number of carbonyl (C=O) groups is 1. The molecule has 18 heavy (non-hydrogen) atoms. The molecule has 2 aromatic carbocycles. The fourth-order valence-electron chi connectivity index (χ4n) is 1.38. The molecule has 0 atom stereocenters. The molecule has 2 nitrogen and oxygen atoms in total. The Morgan fingerprint density at radius 3 is 1.61 bits per heavy atom. The summed E-state index contributed by atoms with van der Waals surface area (Å²) in [6, 6.07) is 18.7. The van der Waals surface area contributed by atoms with Crippen LogP contribution in [0.2, 0.25) is 0 Å². The van der Waals surface area contributed by atoms with E-state index in [4.69, 9.17) is 0 Å². The highest BCUT2D eigenvalue weighted by molar-refractivity contribution is 5.74. The van der Waals surface area contributed by atoms with Gasteiger partial charge in [-0.25, -0.2) is 0 Å². The maximum atomic E-state index is 10.0. The van der Waals surface area contributed by atoms with Gasteiger partial charge in [-0.15, -0.1) is 0 Å². The standard InChI is InChI=1S/C9H12O.C7H6O/c1-9(2,10)8-6-4-3-5-7-8;8-6-7-4-2-1-3-5-7/h3-7,10H,1-2H3;1-6H. The van der Waals surface area contributed by atoms with Crippen LogP contribution < -0.4 is 0 Å². The largest absolute Gasteiger partial charge is 0.386 e. The second kappa shape index (κ2) is 6.72.